The first-order valence-corrected chi connectivity index (χ1v) is 7.99. The molecular formula is C17H15N3O2S. The molecule has 116 valence electrons. The SMILES string of the molecule is C[C@@H](Oc1ccccc1)C(=O)Nc1nc(-c2cccnc2)cs1. The Hall–Kier alpha value is -2.73. The summed E-state index contributed by atoms with van der Waals surface area (Å²) in [5.74, 6) is 0.422. The molecule has 0 spiro atoms. The molecule has 3 rings (SSSR count). The predicted octanol–water partition coefficient (Wildman–Crippen LogP) is 3.61. The Kier molecular flexibility index (Phi) is 4.63. The Morgan fingerprint density at radius 1 is 1.22 bits per heavy atom. The van der Waals surface area contributed by atoms with Crippen LogP contribution in [0.3, 0.4) is 0 Å². The van der Waals surface area contributed by atoms with Crippen LogP contribution in [0.1, 0.15) is 6.92 Å². The van der Waals surface area contributed by atoms with Crippen molar-refractivity contribution < 1.29 is 9.53 Å². The average Bonchev–Trinajstić information content (AvgIpc) is 3.05. The van der Waals surface area contributed by atoms with Gasteiger partial charge in [-0.05, 0) is 31.2 Å². The van der Waals surface area contributed by atoms with Crippen molar-refractivity contribution >= 4 is 22.4 Å². The summed E-state index contributed by atoms with van der Waals surface area (Å²) in [6.45, 7) is 1.71. The van der Waals surface area contributed by atoms with E-state index in [1.165, 1.54) is 11.3 Å². The van der Waals surface area contributed by atoms with E-state index in [4.69, 9.17) is 4.74 Å². The maximum absolute atomic E-state index is 12.2. The van der Waals surface area contributed by atoms with Crippen LogP contribution in [0.25, 0.3) is 11.3 Å². The van der Waals surface area contributed by atoms with Gasteiger partial charge in [0.05, 0.1) is 5.69 Å². The Morgan fingerprint density at radius 2 is 2.04 bits per heavy atom. The first-order valence-electron chi connectivity index (χ1n) is 7.11. The summed E-state index contributed by atoms with van der Waals surface area (Å²) < 4.78 is 5.59. The van der Waals surface area contributed by atoms with Gasteiger partial charge in [0.1, 0.15) is 5.75 Å². The second kappa shape index (κ2) is 7.02. The summed E-state index contributed by atoms with van der Waals surface area (Å²) in [6.07, 6.45) is 2.84. The molecule has 0 radical (unpaired) electrons. The normalized spacial score (nSPS) is 11.7. The number of aromatic nitrogens is 2. The second-order valence-corrected chi connectivity index (χ2v) is 5.70. The number of carbonyl (C=O) groups is 1. The topological polar surface area (TPSA) is 64.1 Å². The van der Waals surface area contributed by atoms with Gasteiger partial charge in [0.2, 0.25) is 0 Å². The lowest BCUT2D eigenvalue weighted by molar-refractivity contribution is -0.122. The minimum atomic E-state index is -0.608. The zero-order valence-corrected chi connectivity index (χ0v) is 13.3. The van der Waals surface area contributed by atoms with E-state index in [-0.39, 0.29) is 5.91 Å². The lowest BCUT2D eigenvalue weighted by atomic mass is 10.2. The number of ether oxygens (including phenoxy) is 1. The first-order chi connectivity index (χ1) is 11.2. The standard InChI is InChI=1S/C17H15N3O2S/c1-12(22-14-7-3-2-4-8-14)16(21)20-17-19-15(11-23-17)13-6-5-9-18-10-13/h2-12H,1H3,(H,19,20,21)/t12-/m1/s1. The zero-order valence-electron chi connectivity index (χ0n) is 12.5. The summed E-state index contributed by atoms with van der Waals surface area (Å²) >= 11 is 1.37. The number of nitrogens with one attached hydrogen (secondary N) is 1. The third-order valence-electron chi connectivity index (χ3n) is 3.12. The quantitative estimate of drug-likeness (QED) is 0.778. The van der Waals surface area contributed by atoms with Crippen molar-refractivity contribution in [1.82, 2.24) is 9.97 Å². The highest BCUT2D eigenvalue weighted by molar-refractivity contribution is 7.14. The molecule has 2 aromatic heterocycles. The van der Waals surface area contributed by atoms with Crippen molar-refractivity contribution in [2.45, 2.75) is 13.0 Å². The molecule has 1 amide bonds. The van der Waals surface area contributed by atoms with Crippen LogP contribution in [0.2, 0.25) is 0 Å². The fourth-order valence-electron chi connectivity index (χ4n) is 1.94. The number of anilines is 1. The van der Waals surface area contributed by atoms with Gasteiger partial charge in [0, 0.05) is 23.3 Å². The lowest BCUT2D eigenvalue weighted by Crippen LogP contribution is -2.30. The number of amides is 1. The van der Waals surface area contributed by atoms with E-state index < -0.39 is 6.10 Å². The van der Waals surface area contributed by atoms with E-state index in [0.29, 0.717) is 10.9 Å². The van der Waals surface area contributed by atoms with Crippen LogP contribution in [0, 0.1) is 0 Å². The summed E-state index contributed by atoms with van der Waals surface area (Å²) in [7, 11) is 0. The Labute approximate surface area is 138 Å². The van der Waals surface area contributed by atoms with E-state index in [1.54, 1.807) is 19.3 Å². The monoisotopic (exact) mass is 325 g/mol. The number of hydrogen-bond acceptors (Lipinski definition) is 5. The molecule has 2 heterocycles. The van der Waals surface area contributed by atoms with Gasteiger partial charge in [0.25, 0.3) is 5.91 Å². The molecule has 0 saturated carbocycles. The summed E-state index contributed by atoms with van der Waals surface area (Å²) in [4.78, 5) is 20.6. The van der Waals surface area contributed by atoms with Gasteiger partial charge in [-0.1, -0.05) is 18.2 Å². The highest BCUT2D eigenvalue weighted by atomic mass is 32.1. The molecule has 6 heteroatoms. The number of hydrogen-bond donors (Lipinski definition) is 1. The van der Waals surface area contributed by atoms with Crippen molar-refractivity contribution in [1.29, 1.82) is 0 Å². The summed E-state index contributed by atoms with van der Waals surface area (Å²) in [5, 5.41) is 5.20. The molecule has 1 aromatic carbocycles. The van der Waals surface area contributed by atoms with Crippen LogP contribution in [0.4, 0.5) is 5.13 Å². The highest BCUT2D eigenvalue weighted by Crippen LogP contribution is 2.24. The number of benzene rings is 1. The van der Waals surface area contributed by atoms with Crippen molar-refractivity contribution in [2.24, 2.45) is 0 Å². The third kappa shape index (κ3) is 3.92. The lowest BCUT2D eigenvalue weighted by Gasteiger charge is -2.13. The molecule has 0 aliphatic carbocycles. The molecular weight excluding hydrogens is 310 g/mol. The molecule has 23 heavy (non-hydrogen) atoms. The van der Waals surface area contributed by atoms with E-state index >= 15 is 0 Å². The van der Waals surface area contributed by atoms with Gasteiger partial charge < -0.3 is 4.74 Å². The van der Waals surface area contributed by atoms with Gasteiger partial charge >= 0.3 is 0 Å². The fourth-order valence-corrected chi connectivity index (χ4v) is 2.66. The van der Waals surface area contributed by atoms with Gasteiger partial charge in [-0.15, -0.1) is 11.3 Å². The fraction of sp³-hybridized carbons (Fsp3) is 0.118. The number of pyridine rings is 1. The Morgan fingerprint density at radius 3 is 2.78 bits per heavy atom. The van der Waals surface area contributed by atoms with Crippen LogP contribution in [-0.2, 0) is 4.79 Å². The molecule has 1 N–H and O–H groups in total. The van der Waals surface area contributed by atoms with Crippen LogP contribution in [0.5, 0.6) is 5.75 Å². The molecule has 5 nitrogen and oxygen atoms in total. The summed E-state index contributed by atoms with van der Waals surface area (Å²) in [5.41, 5.74) is 1.70. The number of rotatable bonds is 5. The molecule has 1 atom stereocenters. The van der Waals surface area contributed by atoms with Gasteiger partial charge in [0.15, 0.2) is 11.2 Å². The Balaban J connectivity index is 1.63. The van der Waals surface area contributed by atoms with Crippen LogP contribution >= 0.6 is 11.3 Å². The number of nitrogens with zero attached hydrogens (tertiary/aromatic N) is 2. The Bertz CT molecular complexity index is 775. The van der Waals surface area contributed by atoms with Crippen LogP contribution in [-0.4, -0.2) is 22.0 Å². The number of para-hydroxylation sites is 1. The minimum Gasteiger partial charge on any atom is -0.481 e. The number of carbonyl (C=O) groups excluding carboxylic acids is 1. The average molecular weight is 325 g/mol. The van der Waals surface area contributed by atoms with Crippen molar-refractivity contribution in [3.63, 3.8) is 0 Å². The second-order valence-electron chi connectivity index (χ2n) is 4.84. The zero-order chi connectivity index (χ0) is 16.1. The molecule has 0 aliphatic heterocycles. The van der Waals surface area contributed by atoms with E-state index in [1.807, 2.05) is 47.8 Å². The van der Waals surface area contributed by atoms with Gasteiger partial charge in [-0.3, -0.25) is 15.1 Å². The highest BCUT2D eigenvalue weighted by Gasteiger charge is 2.16. The van der Waals surface area contributed by atoms with E-state index in [2.05, 4.69) is 15.3 Å². The maximum Gasteiger partial charge on any atom is 0.266 e. The maximum atomic E-state index is 12.2. The molecule has 0 fully saturated rings. The van der Waals surface area contributed by atoms with E-state index in [0.717, 1.165) is 11.3 Å². The number of thiazole rings is 1. The van der Waals surface area contributed by atoms with Crippen LogP contribution < -0.4 is 10.1 Å². The van der Waals surface area contributed by atoms with Crippen molar-refractivity contribution in [3.05, 3.63) is 60.2 Å². The van der Waals surface area contributed by atoms with Gasteiger partial charge in [-0.25, -0.2) is 4.98 Å². The molecule has 0 saturated heterocycles. The smallest absolute Gasteiger partial charge is 0.266 e. The minimum absolute atomic E-state index is 0.235. The molecule has 0 aliphatic rings. The molecule has 0 unspecified atom stereocenters. The first kappa shape index (κ1) is 15.2. The predicted molar refractivity (Wildman–Crippen MR) is 90.5 cm³/mol. The molecule has 3 aromatic rings. The van der Waals surface area contributed by atoms with Crippen molar-refractivity contribution in [3.8, 4) is 17.0 Å². The van der Waals surface area contributed by atoms with E-state index in [9.17, 15) is 4.79 Å². The largest absolute Gasteiger partial charge is 0.481 e. The van der Waals surface area contributed by atoms with Crippen molar-refractivity contribution in [2.75, 3.05) is 5.32 Å². The summed E-state index contributed by atoms with van der Waals surface area (Å²) in [6, 6.07) is 13.0. The molecule has 0 bridgehead atoms. The third-order valence-corrected chi connectivity index (χ3v) is 3.87. The van der Waals surface area contributed by atoms with Crippen LogP contribution in [0.15, 0.2) is 60.2 Å². The van der Waals surface area contributed by atoms with Gasteiger partial charge in [-0.2, -0.15) is 0 Å².